The summed E-state index contributed by atoms with van der Waals surface area (Å²) in [6.07, 6.45) is 2.78. The van der Waals surface area contributed by atoms with Crippen molar-refractivity contribution in [1.82, 2.24) is 4.98 Å². The Labute approximate surface area is 147 Å². The zero-order valence-corrected chi connectivity index (χ0v) is 15.2. The molecule has 0 saturated heterocycles. The van der Waals surface area contributed by atoms with Crippen LogP contribution in [0.5, 0.6) is 0 Å². The molecule has 0 spiro atoms. The molecule has 5 heteroatoms. The molecule has 0 fully saturated rings. The summed E-state index contributed by atoms with van der Waals surface area (Å²) in [5.74, 6) is -0.567. The van der Waals surface area contributed by atoms with Gasteiger partial charge in [-0.25, -0.2) is 0 Å². The summed E-state index contributed by atoms with van der Waals surface area (Å²) in [6.45, 7) is 9.33. The van der Waals surface area contributed by atoms with Crippen molar-refractivity contribution >= 4 is 11.6 Å². The fraction of sp³-hybridized carbons (Fsp3) is 0.450. The van der Waals surface area contributed by atoms with E-state index in [0.717, 1.165) is 12.5 Å². The Morgan fingerprint density at radius 3 is 1.52 bits per heavy atom. The lowest BCUT2D eigenvalue weighted by Gasteiger charge is -2.37. The number of nitrogens with zero attached hydrogens (tertiary/aromatic N) is 1. The molecule has 132 valence electrons. The molecular weight excluding hydrogens is 318 g/mol. The van der Waals surface area contributed by atoms with E-state index in [1.807, 2.05) is 27.7 Å². The number of aliphatic hydroxyl groups excluding tert-OH is 2. The zero-order valence-electron chi connectivity index (χ0n) is 15.2. The molecule has 0 radical (unpaired) electrons. The van der Waals surface area contributed by atoms with Crippen LogP contribution < -0.4 is 0 Å². The van der Waals surface area contributed by atoms with Gasteiger partial charge in [0.1, 0.15) is 0 Å². The maximum atomic E-state index is 12.9. The quantitative estimate of drug-likeness (QED) is 0.553. The molecule has 3 rings (SSSR count). The Kier molecular flexibility index (Phi) is 3.67. The standard InChI is InChI=1S/C20H23NO4/c1-10-15-13(6-19(2,3)11(8-22)17(15)24)21-14-7-20(4,5)12(9-23)18(25)16(10)14/h8-9,22-23H,6-7H2,1-5H3/b11-8+,12-9+. The van der Waals surface area contributed by atoms with Crippen LogP contribution in [0.1, 0.15) is 65.4 Å². The van der Waals surface area contributed by atoms with Gasteiger partial charge in [0.25, 0.3) is 0 Å². The minimum absolute atomic E-state index is 0.284. The zero-order chi connectivity index (χ0) is 18.7. The van der Waals surface area contributed by atoms with E-state index in [0.29, 0.717) is 52.1 Å². The van der Waals surface area contributed by atoms with E-state index in [-0.39, 0.29) is 11.6 Å². The van der Waals surface area contributed by atoms with Crippen LogP contribution in [0, 0.1) is 17.8 Å². The predicted octanol–water partition coefficient (Wildman–Crippen LogP) is 3.80. The lowest BCUT2D eigenvalue weighted by atomic mass is 9.67. The van der Waals surface area contributed by atoms with E-state index in [9.17, 15) is 19.8 Å². The summed E-state index contributed by atoms with van der Waals surface area (Å²) in [5, 5.41) is 19.1. The summed E-state index contributed by atoms with van der Waals surface area (Å²) >= 11 is 0. The summed E-state index contributed by atoms with van der Waals surface area (Å²) in [4.78, 5) is 30.5. The minimum Gasteiger partial charge on any atom is -0.515 e. The topological polar surface area (TPSA) is 87.5 Å². The van der Waals surface area contributed by atoms with E-state index in [1.54, 1.807) is 6.92 Å². The number of carbonyl (C=O) groups excluding carboxylic acids is 2. The van der Waals surface area contributed by atoms with E-state index in [1.165, 1.54) is 0 Å². The second-order valence-corrected chi connectivity index (χ2v) is 8.25. The maximum Gasteiger partial charge on any atom is 0.194 e. The number of aliphatic hydroxyl groups is 2. The van der Waals surface area contributed by atoms with Crippen LogP contribution >= 0.6 is 0 Å². The van der Waals surface area contributed by atoms with Crippen LogP contribution in [-0.2, 0) is 12.8 Å². The molecule has 0 aliphatic heterocycles. The van der Waals surface area contributed by atoms with Gasteiger partial charge in [0.2, 0.25) is 0 Å². The Morgan fingerprint density at radius 2 is 1.20 bits per heavy atom. The van der Waals surface area contributed by atoms with Crippen molar-refractivity contribution in [2.75, 3.05) is 0 Å². The summed E-state index contributed by atoms with van der Waals surface area (Å²) < 4.78 is 0. The van der Waals surface area contributed by atoms with Crippen molar-refractivity contribution < 1.29 is 19.8 Å². The second-order valence-electron chi connectivity index (χ2n) is 8.25. The van der Waals surface area contributed by atoms with Gasteiger partial charge in [-0.05, 0) is 25.3 Å². The van der Waals surface area contributed by atoms with Crippen molar-refractivity contribution in [3.05, 3.63) is 51.7 Å². The number of hydrogen-bond acceptors (Lipinski definition) is 5. The number of Topliss-reactive ketones (excluding diaryl/α,β-unsaturated/α-hetero) is 2. The smallest absolute Gasteiger partial charge is 0.194 e. The summed E-state index contributed by atoms with van der Waals surface area (Å²) in [6, 6.07) is 0. The second kappa shape index (κ2) is 5.28. The van der Waals surface area contributed by atoms with Crippen LogP contribution in [-0.4, -0.2) is 26.8 Å². The minimum atomic E-state index is -0.517. The Morgan fingerprint density at radius 1 is 0.840 bits per heavy atom. The fourth-order valence-corrected chi connectivity index (χ4v) is 4.07. The van der Waals surface area contributed by atoms with Gasteiger partial charge in [-0.2, -0.15) is 0 Å². The summed E-state index contributed by atoms with van der Waals surface area (Å²) in [7, 11) is 0. The molecule has 0 aromatic carbocycles. The molecule has 1 aromatic rings. The molecule has 2 N–H and O–H groups in total. The maximum absolute atomic E-state index is 12.9. The van der Waals surface area contributed by atoms with Gasteiger partial charge < -0.3 is 10.2 Å². The highest BCUT2D eigenvalue weighted by molar-refractivity contribution is 6.17. The van der Waals surface area contributed by atoms with Crippen LogP contribution in [0.3, 0.4) is 0 Å². The lowest BCUT2D eigenvalue weighted by molar-refractivity contribution is 0.0985. The number of rotatable bonds is 0. The van der Waals surface area contributed by atoms with E-state index < -0.39 is 10.8 Å². The first-order valence-electron chi connectivity index (χ1n) is 8.36. The monoisotopic (exact) mass is 341 g/mol. The van der Waals surface area contributed by atoms with Gasteiger partial charge >= 0.3 is 0 Å². The highest BCUT2D eigenvalue weighted by atomic mass is 16.2. The average molecular weight is 341 g/mol. The van der Waals surface area contributed by atoms with Gasteiger partial charge in [-0.1, -0.05) is 27.7 Å². The average Bonchev–Trinajstić information content (AvgIpc) is 2.44. The normalized spacial score (nSPS) is 24.4. The third kappa shape index (κ3) is 2.33. The van der Waals surface area contributed by atoms with Gasteiger partial charge in [-0.3, -0.25) is 14.6 Å². The first-order valence-corrected chi connectivity index (χ1v) is 8.36. The van der Waals surface area contributed by atoms with Crippen molar-refractivity contribution in [2.45, 2.75) is 47.5 Å². The first-order chi connectivity index (χ1) is 11.5. The largest absolute Gasteiger partial charge is 0.515 e. The fourth-order valence-electron chi connectivity index (χ4n) is 4.07. The van der Waals surface area contributed by atoms with Crippen molar-refractivity contribution in [2.24, 2.45) is 10.8 Å². The molecule has 0 amide bonds. The number of allylic oxidation sites excluding steroid dienone is 2. The van der Waals surface area contributed by atoms with Gasteiger partial charge in [-0.15, -0.1) is 0 Å². The van der Waals surface area contributed by atoms with Crippen LogP contribution in [0.2, 0.25) is 0 Å². The van der Waals surface area contributed by atoms with Gasteiger partial charge in [0.15, 0.2) is 11.6 Å². The Hall–Kier alpha value is -2.43. The van der Waals surface area contributed by atoms with Crippen molar-refractivity contribution in [3.63, 3.8) is 0 Å². The molecular formula is C20H23NO4. The number of pyridine rings is 1. The molecule has 1 aromatic heterocycles. The van der Waals surface area contributed by atoms with Crippen molar-refractivity contribution in [3.8, 4) is 0 Å². The molecule has 0 atom stereocenters. The highest BCUT2D eigenvalue weighted by Crippen LogP contribution is 2.44. The Balaban J connectivity index is 2.31. The lowest BCUT2D eigenvalue weighted by Crippen LogP contribution is -2.36. The number of fused-ring (bicyclic) bond motifs is 2. The Bertz CT molecular complexity index is 804. The van der Waals surface area contributed by atoms with Gasteiger partial charge in [0.05, 0.1) is 23.9 Å². The number of aromatic nitrogens is 1. The van der Waals surface area contributed by atoms with Crippen LogP contribution in [0.4, 0.5) is 0 Å². The molecule has 25 heavy (non-hydrogen) atoms. The highest BCUT2D eigenvalue weighted by Gasteiger charge is 2.43. The van der Waals surface area contributed by atoms with E-state index in [2.05, 4.69) is 4.98 Å². The third-order valence-electron chi connectivity index (χ3n) is 5.48. The molecule has 2 aliphatic rings. The van der Waals surface area contributed by atoms with Crippen molar-refractivity contribution in [1.29, 1.82) is 0 Å². The number of ketones is 2. The predicted molar refractivity (Wildman–Crippen MR) is 94.0 cm³/mol. The molecule has 1 heterocycles. The van der Waals surface area contributed by atoms with E-state index in [4.69, 9.17) is 0 Å². The first kappa shape index (κ1) is 17.4. The molecule has 5 nitrogen and oxygen atoms in total. The number of carbonyl (C=O) groups is 2. The summed E-state index contributed by atoms with van der Waals surface area (Å²) in [5.41, 5.74) is 2.37. The third-order valence-corrected chi connectivity index (χ3v) is 5.48. The molecule has 0 saturated carbocycles. The molecule has 2 aliphatic carbocycles. The number of hydrogen-bond donors (Lipinski definition) is 2. The van der Waals surface area contributed by atoms with Crippen LogP contribution in [0.15, 0.2) is 23.7 Å². The van der Waals surface area contributed by atoms with Gasteiger partial charge in [0, 0.05) is 33.1 Å². The van der Waals surface area contributed by atoms with E-state index >= 15 is 0 Å². The van der Waals surface area contributed by atoms with Crippen LogP contribution in [0.25, 0.3) is 0 Å². The molecule has 0 unspecified atom stereocenters. The molecule has 0 bridgehead atoms. The SMILES string of the molecule is Cc1c2c(nc3c1C(=O)/C(=C\O)C(C)(C)C3)CC(C)(C)/C(=C/O)C2=O.